The molecule has 0 bridgehead atoms. The number of anilines is 1. The van der Waals surface area contributed by atoms with Crippen LogP contribution in [-0.2, 0) is 6.54 Å². The van der Waals surface area contributed by atoms with Crippen molar-refractivity contribution in [2.24, 2.45) is 0 Å². The molecule has 0 radical (unpaired) electrons. The number of rotatable bonds is 5. The first kappa shape index (κ1) is 12.8. The van der Waals surface area contributed by atoms with E-state index in [1.165, 1.54) is 7.11 Å². The highest BCUT2D eigenvalue weighted by Gasteiger charge is 2.05. The van der Waals surface area contributed by atoms with E-state index in [1.54, 1.807) is 35.3 Å². The molecule has 1 aromatic heterocycles. The molecule has 6 nitrogen and oxygen atoms in total. The minimum absolute atomic E-state index is 0.434. The summed E-state index contributed by atoms with van der Waals surface area (Å²) >= 11 is 0. The highest BCUT2D eigenvalue weighted by molar-refractivity contribution is 5.46. The molecule has 0 aliphatic carbocycles. The first-order chi connectivity index (χ1) is 9.22. The van der Waals surface area contributed by atoms with Crippen molar-refractivity contribution in [2.75, 3.05) is 19.5 Å². The molecule has 6 heteroatoms. The smallest absolute Gasteiger partial charge is 0.162 e. The molecule has 0 aliphatic rings. The topological polar surface area (TPSA) is 86.1 Å². The Labute approximate surface area is 111 Å². The SMILES string of the molecule is COc1cc(C#N)ccc1OCCn1cc(N)cn1. The van der Waals surface area contributed by atoms with E-state index in [0.717, 1.165) is 0 Å². The predicted molar refractivity (Wildman–Crippen MR) is 69.8 cm³/mol. The van der Waals surface area contributed by atoms with E-state index in [9.17, 15) is 0 Å². The Hall–Kier alpha value is -2.68. The molecular formula is C13H14N4O2. The summed E-state index contributed by atoms with van der Waals surface area (Å²) in [6, 6.07) is 7.09. The first-order valence-electron chi connectivity index (χ1n) is 5.72. The second-order valence-electron chi connectivity index (χ2n) is 3.86. The molecule has 0 saturated heterocycles. The van der Waals surface area contributed by atoms with E-state index in [4.69, 9.17) is 20.5 Å². The molecular weight excluding hydrogens is 244 g/mol. The number of hydrogen-bond acceptors (Lipinski definition) is 5. The van der Waals surface area contributed by atoms with E-state index >= 15 is 0 Å². The summed E-state index contributed by atoms with van der Waals surface area (Å²) in [6.45, 7) is 1.02. The quantitative estimate of drug-likeness (QED) is 0.876. The molecule has 2 rings (SSSR count). The third-order valence-electron chi connectivity index (χ3n) is 2.52. The van der Waals surface area contributed by atoms with Gasteiger partial charge in [0.1, 0.15) is 6.61 Å². The van der Waals surface area contributed by atoms with Crippen LogP contribution in [0.3, 0.4) is 0 Å². The lowest BCUT2D eigenvalue weighted by Crippen LogP contribution is -2.09. The second-order valence-corrected chi connectivity index (χ2v) is 3.86. The van der Waals surface area contributed by atoms with Crippen LogP contribution in [0.1, 0.15) is 5.56 Å². The number of nitriles is 1. The number of methoxy groups -OCH3 is 1. The van der Waals surface area contributed by atoms with E-state index in [2.05, 4.69) is 11.2 Å². The summed E-state index contributed by atoms with van der Waals surface area (Å²) in [5.74, 6) is 1.14. The van der Waals surface area contributed by atoms with Crippen LogP contribution in [0.4, 0.5) is 5.69 Å². The van der Waals surface area contributed by atoms with Gasteiger partial charge in [-0.25, -0.2) is 0 Å². The number of ether oxygens (including phenoxy) is 2. The number of benzene rings is 1. The maximum absolute atomic E-state index is 8.81. The van der Waals surface area contributed by atoms with Crippen LogP contribution in [-0.4, -0.2) is 23.5 Å². The average Bonchev–Trinajstić information content (AvgIpc) is 2.84. The molecule has 0 unspecified atom stereocenters. The molecule has 0 atom stereocenters. The molecule has 0 aliphatic heterocycles. The Morgan fingerprint density at radius 3 is 2.89 bits per heavy atom. The van der Waals surface area contributed by atoms with Crippen molar-refractivity contribution >= 4 is 5.69 Å². The zero-order valence-corrected chi connectivity index (χ0v) is 10.5. The van der Waals surface area contributed by atoms with Gasteiger partial charge in [0, 0.05) is 12.3 Å². The van der Waals surface area contributed by atoms with Crippen molar-refractivity contribution in [1.82, 2.24) is 9.78 Å². The lowest BCUT2D eigenvalue weighted by atomic mass is 10.2. The highest BCUT2D eigenvalue weighted by atomic mass is 16.5. The molecule has 1 heterocycles. The highest BCUT2D eigenvalue weighted by Crippen LogP contribution is 2.27. The maximum atomic E-state index is 8.81. The van der Waals surface area contributed by atoms with Gasteiger partial charge < -0.3 is 15.2 Å². The molecule has 0 amide bonds. The molecule has 98 valence electrons. The lowest BCUT2D eigenvalue weighted by molar-refractivity contribution is 0.274. The molecule has 0 saturated carbocycles. The van der Waals surface area contributed by atoms with Gasteiger partial charge in [0.25, 0.3) is 0 Å². The molecule has 0 fully saturated rings. The van der Waals surface area contributed by atoms with Gasteiger partial charge in [0.2, 0.25) is 0 Å². The first-order valence-corrected chi connectivity index (χ1v) is 5.72. The fourth-order valence-corrected chi connectivity index (χ4v) is 1.61. The summed E-state index contributed by atoms with van der Waals surface area (Å²) in [5, 5.41) is 12.9. The van der Waals surface area contributed by atoms with Gasteiger partial charge in [0.05, 0.1) is 37.2 Å². The van der Waals surface area contributed by atoms with E-state index in [0.29, 0.717) is 35.9 Å². The van der Waals surface area contributed by atoms with Gasteiger partial charge in [-0.2, -0.15) is 10.4 Å². The minimum atomic E-state index is 0.434. The van der Waals surface area contributed by atoms with E-state index < -0.39 is 0 Å². The van der Waals surface area contributed by atoms with Gasteiger partial charge in [-0.15, -0.1) is 0 Å². The second kappa shape index (κ2) is 5.78. The summed E-state index contributed by atoms with van der Waals surface area (Å²) < 4.78 is 12.5. The van der Waals surface area contributed by atoms with Crippen molar-refractivity contribution in [3.8, 4) is 17.6 Å². The number of nitrogens with two attached hydrogens (primary N) is 1. The zero-order chi connectivity index (χ0) is 13.7. The Kier molecular flexibility index (Phi) is 3.88. The third kappa shape index (κ3) is 3.16. The van der Waals surface area contributed by atoms with Crippen LogP contribution in [0.2, 0.25) is 0 Å². The Bertz CT molecular complexity index is 601. The monoisotopic (exact) mass is 258 g/mol. The largest absolute Gasteiger partial charge is 0.493 e. The van der Waals surface area contributed by atoms with Crippen molar-refractivity contribution in [1.29, 1.82) is 5.26 Å². The van der Waals surface area contributed by atoms with Crippen molar-refractivity contribution in [3.63, 3.8) is 0 Å². The molecule has 1 aromatic carbocycles. The lowest BCUT2D eigenvalue weighted by Gasteiger charge is -2.10. The van der Waals surface area contributed by atoms with Crippen molar-refractivity contribution in [3.05, 3.63) is 36.2 Å². The Balaban J connectivity index is 1.97. The van der Waals surface area contributed by atoms with Gasteiger partial charge in [-0.1, -0.05) is 0 Å². The van der Waals surface area contributed by atoms with Crippen molar-refractivity contribution < 1.29 is 9.47 Å². The molecule has 2 N–H and O–H groups in total. The fraction of sp³-hybridized carbons (Fsp3) is 0.231. The third-order valence-corrected chi connectivity index (χ3v) is 2.52. The zero-order valence-electron chi connectivity index (χ0n) is 10.5. The number of aromatic nitrogens is 2. The molecule has 2 aromatic rings. The van der Waals surface area contributed by atoms with Crippen molar-refractivity contribution in [2.45, 2.75) is 6.54 Å². The molecule has 19 heavy (non-hydrogen) atoms. The Morgan fingerprint density at radius 1 is 1.42 bits per heavy atom. The number of hydrogen-bond donors (Lipinski definition) is 1. The minimum Gasteiger partial charge on any atom is -0.493 e. The van der Waals surface area contributed by atoms with Gasteiger partial charge >= 0.3 is 0 Å². The van der Waals surface area contributed by atoms with Crippen LogP contribution in [0.5, 0.6) is 11.5 Å². The summed E-state index contributed by atoms with van der Waals surface area (Å²) in [7, 11) is 1.54. The number of nitrogen functional groups attached to an aromatic ring is 1. The average molecular weight is 258 g/mol. The van der Waals surface area contributed by atoms with Crippen LogP contribution in [0.15, 0.2) is 30.6 Å². The predicted octanol–water partition coefficient (Wildman–Crippen LogP) is 1.42. The van der Waals surface area contributed by atoms with Gasteiger partial charge in [-0.3, -0.25) is 4.68 Å². The van der Waals surface area contributed by atoms with Gasteiger partial charge in [-0.05, 0) is 12.1 Å². The normalized spacial score (nSPS) is 9.89. The van der Waals surface area contributed by atoms with Crippen LogP contribution in [0.25, 0.3) is 0 Å². The molecule has 0 spiro atoms. The van der Waals surface area contributed by atoms with E-state index in [-0.39, 0.29) is 0 Å². The summed E-state index contributed by atoms with van der Waals surface area (Å²) in [4.78, 5) is 0. The summed E-state index contributed by atoms with van der Waals surface area (Å²) in [5.41, 5.74) is 6.72. The number of nitrogens with zero attached hydrogens (tertiary/aromatic N) is 3. The maximum Gasteiger partial charge on any atom is 0.162 e. The van der Waals surface area contributed by atoms with Crippen LogP contribution in [0, 0.1) is 11.3 Å². The standard InChI is InChI=1S/C13H14N4O2/c1-18-13-6-10(7-14)2-3-12(13)19-5-4-17-9-11(15)8-16-17/h2-3,6,8-9H,4-5,15H2,1H3. The van der Waals surface area contributed by atoms with Crippen LogP contribution < -0.4 is 15.2 Å². The summed E-state index contributed by atoms with van der Waals surface area (Å²) in [6.07, 6.45) is 3.32. The van der Waals surface area contributed by atoms with E-state index in [1.807, 2.05) is 0 Å². The fourth-order valence-electron chi connectivity index (χ4n) is 1.61. The van der Waals surface area contributed by atoms with Gasteiger partial charge in [0.15, 0.2) is 11.5 Å². The Morgan fingerprint density at radius 2 is 2.26 bits per heavy atom. The van der Waals surface area contributed by atoms with Crippen LogP contribution >= 0.6 is 0 Å².